The Bertz CT molecular complexity index is 438. The Morgan fingerprint density at radius 2 is 2.47 bits per heavy atom. The summed E-state index contributed by atoms with van der Waals surface area (Å²) in [5.41, 5.74) is 0. The third kappa shape index (κ3) is 2.48. The monoisotopic (exact) mass is 286 g/mol. The molecular formula is C10H11BrN2OS. The van der Waals surface area contributed by atoms with Gasteiger partial charge in [0.25, 0.3) is 0 Å². The van der Waals surface area contributed by atoms with E-state index in [-0.39, 0.29) is 0 Å². The summed E-state index contributed by atoms with van der Waals surface area (Å²) < 4.78 is 6.70. The lowest BCUT2D eigenvalue weighted by Gasteiger charge is -1.94. The fourth-order valence-electron chi connectivity index (χ4n) is 1.23. The van der Waals surface area contributed by atoms with E-state index in [1.807, 2.05) is 18.5 Å². The van der Waals surface area contributed by atoms with Crippen LogP contribution in [0.5, 0.6) is 0 Å². The van der Waals surface area contributed by atoms with Gasteiger partial charge in [-0.15, -0.1) is 11.3 Å². The zero-order valence-corrected chi connectivity index (χ0v) is 10.7. The average molecular weight is 287 g/mol. The molecule has 0 saturated heterocycles. The van der Waals surface area contributed by atoms with Gasteiger partial charge >= 0.3 is 0 Å². The molecule has 2 heterocycles. The van der Waals surface area contributed by atoms with Crippen molar-refractivity contribution in [3.63, 3.8) is 0 Å². The van der Waals surface area contributed by atoms with Gasteiger partial charge in [0.15, 0.2) is 11.7 Å². The van der Waals surface area contributed by atoms with Crippen LogP contribution in [-0.2, 0) is 6.42 Å². The normalized spacial score (nSPS) is 10.8. The van der Waals surface area contributed by atoms with Crippen molar-refractivity contribution >= 4 is 27.3 Å². The van der Waals surface area contributed by atoms with Gasteiger partial charge in [-0.05, 0) is 34.4 Å². The summed E-state index contributed by atoms with van der Waals surface area (Å²) in [6.07, 6.45) is 2.60. The van der Waals surface area contributed by atoms with Gasteiger partial charge in [0.05, 0.1) is 11.1 Å². The minimum atomic E-state index is 0.777. The van der Waals surface area contributed by atoms with Crippen LogP contribution in [0, 0.1) is 0 Å². The summed E-state index contributed by atoms with van der Waals surface area (Å²) in [4.78, 5) is 5.33. The summed E-state index contributed by atoms with van der Waals surface area (Å²) in [5, 5.41) is 5.09. The number of aromatic nitrogens is 1. The third-order valence-electron chi connectivity index (χ3n) is 1.98. The molecule has 0 spiro atoms. The topological polar surface area (TPSA) is 38.1 Å². The maximum Gasteiger partial charge on any atom is 0.196 e. The van der Waals surface area contributed by atoms with Gasteiger partial charge in [-0.3, -0.25) is 0 Å². The minimum absolute atomic E-state index is 0.777. The lowest BCUT2D eigenvalue weighted by atomic mass is 10.4. The van der Waals surface area contributed by atoms with Gasteiger partial charge in [0, 0.05) is 17.4 Å². The number of hydrogen-bond acceptors (Lipinski definition) is 4. The van der Waals surface area contributed by atoms with E-state index in [0.29, 0.717) is 0 Å². The highest BCUT2D eigenvalue weighted by molar-refractivity contribution is 9.10. The van der Waals surface area contributed by atoms with Crippen molar-refractivity contribution in [2.75, 3.05) is 13.6 Å². The smallest absolute Gasteiger partial charge is 0.196 e. The fraction of sp³-hybridized carbons (Fsp3) is 0.300. The first-order valence-corrected chi connectivity index (χ1v) is 6.31. The number of halogens is 1. The molecule has 0 amide bonds. The molecule has 0 aromatic carbocycles. The molecule has 1 N–H and O–H groups in total. The first-order valence-electron chi connectivity index (χ1n) is 4.64. The predicted molar refractivity (Wildman–Crippen MR) is 65.1 cm³/mol. The molecule has 80 valence electrons. The Hall–Kier alpha value is -0.650. The van der Waals surface area contributed by atoms with E-state index in [0.717, 1.165) is 34.0 Å². The van der Waals surface area contributed by atoms with Gasteiger partial charge < -0.3 is 9.73 Å². The molecule has 0 atom stereocenters. The van der Waals surface area contributed by atoms with Crippen LogP contribution in [0.4, 0.5) is 0 Å². The van der Waals surface area contributed by atoms with E-state index < -0.39 is 0 Å². The SMILES string of the molecule is CNCCc1ncc(-c2sccc2Br)o1. The Morgan fingerprint density at radius 1 is 1.60 bits per heavy atom. The number of oxazole rings is 1. The lowest BCUT2D eigenvalue weighted by molar-refractivity contribution is 0.501. The van der Waals surface area contributed by atoms with Crippen molar-refractivity contribution in [2.24, 2.45) is 0 Å². The van der Waals surface area contributed by atoms with Gasteiger partial charge in [-0.25, -0.2) is 4.98 Å². The van der Waals surface area contributed by atoms with E-state index in [2.05, 4.69) is 26.2 Å². The molecule has 0 saturated carbocycles. The molecule has 0 aliphatic heterocycles. The highest BCUT2D eigenvalue weighted by atomic mass is 79.9. The summed E-state index contributed by atoms with van der Waals surface area (Å²) in [6.45, 7) is 0.881. The fourth-order valence-corrected chi connectivity index (χ4v) is 2.75. The van der Waals surface area contributed by atoms with Crippen LogP contribution in [0.3, 0.4) is 0 Å². The van der Waals surface area contributed by atoms with E-state index in [1.54, 1.807) is 17.5 Å². The van der Waals surface area contributed by atoms with Crippen LogP contribution in [-0.4, -0.2) is 18.6 Å². The molecule has 2 aromatic heterocycles. The van der Waals surface area contributed by atoms with Crippen LogP contribution in [0.25, 0.3) is 10.6 Å². The molecule has 0 bridgehead atoms. The summed E-state index contributed by atoms with van der Waals surface area (Å²) >= 11 is 5.12. The first kappa shape index (κ1) is 10.9. The molecule has 15 heavy (non-hydrogen) atoms. The number of likely N-dealkylation sites (N-methyl/N-ethyl adjacent to an activating group) is 1. The van der Waals surface area contributed by atoms with Crippen LogP contribution in [0.15, 0.2) is 26.5 Å². The molecular weight excluding hydrogens is 276 g/mol. The van der Waals surface area contributed by atoms with E-state index >= 15 is 0 Å². The van der Waals surface area contributed by atoms with Crippen molar-refractivity contribution in [3.05, 3.63) is 28.0 Å². The second-order valence-corrected chi connectivity index (χ2v) is 4.84. The zero-order valence-electron chi connectivity index (χ0n) is 8.29. The quantitative estimate of drug-likeness (QED) is 0.939. The number of nitrogens with zero attached hydrogens (tertiary/aromatic N) is 1. The molecule has 0 fully saturated rings. The van der Waals surface area contributed by atoms with Gasteiger partial charge in [0.1, 0.15) is 0 Å². The molecule has 0 aliphatic carbocycles. The minimum Gasteiger partial charge on any atom is -0.440 e. The van der Waals surface area contributed by atoms with E-state index in [1.165, 1.54) is 0 Å². The van der Waals surface area contributed by atoms with E-state index in [4.69, 9.17) is 4.42 Å². The van der Waals surface area contributed by atoms with Gasteiger partial charge in [-0.2, -0.15) is 0 Å². The number of nitrogens with one attached hydrogen (secondary N) is 1. The summed E-state index contributed by atoms with van der Waals surface area (Å²) in [7, 11) is 1.92. The van der Waals surface area contributed by atoms with Crippen molar-refractivity contribution in [3.8, 4) is 10.6 Å². The molecule has 5 heteroatoms. The van der Waals surface area contributed by atoms with Crippen molar-refractivity contribution in [1.29, 1.82) is 0 Å². The highest BCUT2D eigenvalue weighted by Gasteiger charge is 2.10. The maximum absolute atomic E-state index is 5.64. The molecule has 0 unspecified atom stereocenters. The maximum atomic E-state index is 5.64. The summed E-state index contributed by atoms with van der Waals surface area (Å²) in [5.74, 6) is 1.61. The molecule has 2 aromatic rings. The Labute approximate surface area is 101 Å². The molecule has 3 nitrogen and oxygen atoms in total. The first-order chi connectivity index (χ1) is 7.31. The highest BCUT2D eigenvalue weighted by Crippen LogP contribution is 2.33. The van der Waals surface area contributed by atoms with Crippen LogP contribution in [0.2, 0.25) is 0 Å². The lowest BCUT2D eigenvalue weighted by Crippen LogP contribution is -2.10. The van der Waals surface area contributed by atoms with Crippen LogP contribution in [0.1, 0.15) is 5.89 Å². The Morgan fingerprint density at radius 3 is 3.13 bits per heavy atom. The molecule has 0 aliphatic rings. The van der Waals surface area contributed by atoms with Crippen LogP contribution < -0.4 is 5.32 Å². The van der Waals surface area contributed by atoms with Crippen molar-refractivity contribution in [1.82, 2.24) is 10.3 Å². The molecule has 0 radical (unpaired) electrons. The van der Waals surface area contributed by atoms with E-state index in [9.17, 15) is 0 Å². The number of thiophene rings is 1. The van der Waals surface area contributed by atoms with Crippen molar-refractivity contribution < 1.29 is 4.42 Å². The standard InChI is InChI=1S/C10H11BrN2OS/c1-12-4-2-9-13-6-8(14-9)10-7(11)3-5-15-10/h3,5-6,12H,2,4H2,1H3. The predicted octanol–water partition coefficient (Wildman–Crippen LogP) is 2.93. The van der Waals surface area contributed by atoms with Crippen LogP contribution >= 0.6 is 27.3 Å². The van der Waals surface area contributed by atoms with Crippen molar-refractivity contribution in [2.45, 2.75) is 6.42 Å². The average Bonchev–Trinajstić information content (AvgIpc) is 2.83. The third-order valence-corrected chi connectivity index (χ3v) is 3.84. The Kier molecular flexibility index (Phi) is 3.56. The summed E-state index contributed by atoms with van der Waals surface area (Å²) in [6, 6.07) is 2.01. The largest absolute Gasteiger partial charge is 0.440 e. The van der Waals surface area contributed by atoms with Gasteiger partial charge in [0.2, 0.25) is 0 Å². The second-order valence-electron chi connectivity index (χ2n) is 3.07. The van der Waals surface area contributed by atoms with Gasteiger partial charge in [-0.1, -0.05) is 0 Å². The number of rotatable bonds is 4. The Balaban J connectivity index is 2.17. The number of hydrogen-bond donors (Lipinski definition) is 1. The zero-order chi connectivity index (χ0) is 10.7. The molecule has 2 rings (SSSR count). The second kappa shape index (κ2) is 4.92.